The number of pyridine rings is 1. The molecule has 10 heteroatoms. The monoisotopic (exact) mass is 545 g/mol. The molecule has 3 aromatic carbocycles. The Balaban J connectivity index is 1.32. The van der Waals surface area contributed by atoms with Crippen LogP contribution in [0.2, 0.25) is 0 Å². The number of aryl methyl sites for hydroxylation is 1. The molecular weight excluding hydrogens is 518 g/mol. The predicted octanol–water partition coefficient (Wildman–Crippen LogP) is 4.03. The molecule has 1 fully saturated rings. The Kier molecular flexibility index (Phi) is 7.69. The van der Waals surface area contributed by atoms with Gasteiger partial charge in [-0.2, -0.15) is 4.31 Å². The summed E-state index contributed by atoms with van der Waals surface area (Å²) >= 11 is 0. The first-order chi connectivity index (χ1) is 18.8. The molecular formula is C29H27N3O6S. The largest absolute Gasteiger partial charge is 0.452 e. The van der Waals surface area contributed by atoms with Crippen molar-refractivity contribution >= 4 is 38.5 Å². The van der Waals surface area contributed by atoms with Gasteiger partial charge in [0.25, 0.3) is 5.91 Å². The maximum Gasteiger partial charge on any atom is 0.339 e. The molecule has 1 amide bonds. The average Bonchev–Trinajstić information content (AvgIpc) is 2.97. The van der Waals surface area contributed by atoms with Gasteiger partial charge in [0, 0.05) is 29.7 Å². The number of nitrogens with zero attached hydrogens (tertiary/aromatic N) is 2. The molecule has 0 atom stereocenters. The van der Waals surface area contributed by atoms with Crippen molar-refractivity contribution in [2.45, 2.75) is 11.8 Å². The fraction of sp³-hybridized carbons (Fsp3) is 0.207. The smallest absolute Gasteiger partial charge is 0.339 e. The third-order valence-corrected chi connectivity index (χ3v) is 8.33. The molecule has 4 aromatic rings. The van der Waals surface area contributed by atoms with Crippen LogP contribution in [-0.4, -0.2) is 62.5 Å². The Morgan fingerprint density at radius 1 is 0.974 bits per heavy atom. The van der Waals surface area contributed by atoms with Crippen molar-refractivity contribution in [3.8, 4) is 11.3 Å². The molecule has 0 radical (unpaired) electrons. The molecule has 0 unspecified atom stereocenters. The number of hydrogen-bond donors (Lipinski definition) is 1. The summed E-state index contributed by atoms with van der Waals surface area (Å²) in [6.07, 6.45) is 0. The number of hydrogen-bond acceptors (Lipinski definition) is 7. The van der Waals surface area contributed by atoms with Crippen LogP contribution in [0.25, 0.3) is 22.2 Å². The predicted molar refractivity (Wildman–Crippen MR) is 147 cm³/mol. The average molecular weight is 546 g/mol. The fourth-order valence-corrected chi connectivity index (χ4v) is 5.76. The molecule has 5 rings (SSSR count). The molecule has 1 aliphatic rings. The molecule has 0 bridgehead atoms. The minimum atomic E-state index is -3.74. The van der Waals surface area contributed by atoms with Crippen LogP contribution in [0.4, 0.5) is 5.69 Å². The number of aromatic nitrogens is 1. The number of rotatable bonds is 7. The number of carbonyl (C=O) groups excluding carboxylic acids is 2. The van der Waals surface area contributed by atoms with E-state index in [2.05, 4.69) is 10.3 Å². The molecule has 200 valence electrons. The van der Waals surface area contributed by atoms with E-state index in [-0.39, 0.29) is 18.0 Å². The van der Waals surface area contributed by atoms with Gasteiger partial charge < -0.3 is 14.8 Å². The summed E-state index contributed by atoms with van der Waals surface area (Å²) in [6.45, 7) is 2.41. The highest BCUT2D eigenvalue weighted by atomic mass is 32.2. The Hall–Kier alpha value is -4.12. The molecule has 0 aliphatic carbocycles. The van der Waals surface area contributed by atoms with Crippen molar-refractivity contribution in [1.29, 1.82) is 0 Å². The molecule has 0 saturated carbocycles. The highest BCUT2D eigenvalue weighted by molar-refractivity contribution is 7.89. The van der Waals surface area contributed by atoms with E-state index in [1.54, 1.807) is 31.2 Å². The van der Waals surface area contributed by atoms with Crippen molar-refractivity contribution in [1.82, 2.24) is 9.29 Å². The van der Waals surface area contributed by atoms with Gasteiger partial charge in [-0.05, 0) is 36.8 Å². The van der Waals surface area contributed by atoms with E-state index >= 15 is 0 Å². The Morgan fingerprint density at radius 3 is 2.46 bits per heavy atom. The van der Waals surface area contributed by atoms with Crippen molar-refractivity contribution in [3.05, 3.63) is 90.0 Å². The number of para-hydroxylation sites is 1. The lowest BCUT2D eigenvalue weighted by molar-refractivity contribution is -0.119. The summed E-state index contributed by atoms with van der Waals surface area (Å²) in [7, 11) is -3.74. The van der Waals surface area contributed by atoms with Gasteiger partial charge >= 0.3 is 5.97 Å². The summed E-state index contributed by atoms with van der Waals surface area (Å²) in [6, 6.07) is 22.9. The third-order valence-electron chi connectivity index (χ3n) is 6.43. The van der Waals surface area contributed by atoms with E-state index < -0.39 is 28.5 Å². The van der Waals surface area contributed by atoms with Crippen LogP contribution in [0.3, 0.4) is 0 Å². The molecule has 1 N–H and O–H groups in total. The maximum atomic E-state index is 13.1. The summed E-state index contributed by atoms with van der Waals surface area (Å²) in [5.74, 6) is -1.25. The topological polar surface area (TPSA) is 115 Å². The van der Waals surface area contributed by atoms with Crippen LogP contribution in [0, 0.1) is 6.92 Å². The first-order valence-corrected chi connectivity index (χ1v) is 13.9. The van der Waals surface area contributed by atoms with Crippen LogP contribution < -0.4 is 5.32 Å². The van der Waals surface area contributed by atoms with E-state index in [1.165, 1.54) is 16.4 Å². The van der Waals surface area contributed by atoms with Crippen molar-refractivity contribution in [3.63, 3.8) is 0 Å². The third kappa shape index (κ3) is 5.83. The summed E-state index contributed by atoms with van der Waals surface area (Å²) in [5, 5.41) is 3.28. The van der Waals surface area contributed by atoms with E-state index in [4.69, 9.17) is 9.47 Å². The van der Waals surface area contributed by atoms with Crippen molar-refractivity contribution < 1.29 is 27.5 Å². The zero-order chi connectivity index (χ0) is 27.4. The molecule has 1 aliphatic heterocycles. The van der Waals surface area contributed by atoms with Gasteiger partial charge in [-0.1, -0.05) is 54.6 Å². The van der Waals surface area contributed by atoms with E-state index in [9.17, 15) is 18.0 Å². The van der Waals surface area contributed by atoms with Crippen molar-refractivity contribution in [2.75, 3.05) is 38.2 Å². The Labute approximate surface area is 226 Å². The van der Waals surface area contributed by atoms with Gasteiger partial charge in [-0.25, -0.2) is 18.2 Å². The molecule has 9 nitrogen and oxygen atoms in total. The first kappa shape index (κ1) is 26.5. The first-order valence-electron chi connectivity index (χ1n) is 12.4. The molecule has 2 heterocycles. The minimum Gasteiger partial charge on any atom is -0.452 e. The number of benzene rings is 3. The lowest BCUT2D eigenvalue weighted by Gasteiger charge is -2.26. The lowest BCUT2D eigenvalue weighted by atomic mass is 10.0. The van der Waals surface area contributed by atoms with E-state index in [0.717, 1.165) is 5.56 Å². The van der Waals surface area contributed by atoms with Crippen LogP contribution >= 0.6 is 0 Å². The molecule has 0 spiro atoms. The summed E-state index contributed by atoms with van der Waals surface area (Å²) in [5.41, 5.74) is 3.37. The van der Waals surface area contributed by atoms with Gasteiger partial charge in [0.15, 0.2) is 6.61 Å². The van der Waals surface area contributed by atoms with Crippen LogP contribution in [0.1, 0.15) is 15.9 Å². The zero-order valence-electron chi connectivity index (χ0n) is 21.3. The normalized spacial score (nSPS) is 14.2. The van der Waals surface area contributed by atoms with Crippen molar-refractivity contribution in [2.24, 2.45) is 0 Å². The maximum absolute atomic E-state index is 13.1. The van der Waals surface area contributed by atoms with Gasteiger partial charge in [0.05, 0.1) is 34.9 Å². The quantitative estimate of drug-likeness (QED) is 0.349. The SMILES string of the molecule is Cc1ccc(S(=O)(=O)N2CCOCC2)cc1NC(=O)COC(=O)c1cc(-c2ccccc2)nc2ccccc12. The highest BCUT2D eigenvalue weighted by Crippen LogP contribution is 2.26. The van der Waals surface area contributed by atoms with Gasteiger partial charge in [-0.15, -0.1) is 0 Å². The second kappa shape index (κ2) is 11.3. The number of morpholine rings is 1. The van der Waals surface area contributed by atoms with Gasteiger partial charge in [0.2, 0.25) is 10.0 Å². The summed E-state index contributed by atoms with van der Waals surface area (Å²) in [4.78, 5) is 30.6. The fourth-order valence-electron chi connectivity index (χ4n) is 4.33. The number of esters is 1. The number of sulfonamides is 1. The number of nitrogens with one attached hydrogen (secondary N) is 1. The number of amides is 1. The van der Waals surface area contributed by atoms with E-state index in [1.807, 2.05) is 42.5 Å². The number of anilines is 1. The number of ether oxygens (including phenoxy) is 2. The standard InChI is InChI=1S/C29H27N3O6S/c1-20-11-12-22(39(35,36)32-13-15-37-16-14-32)17-26(20)31-28(33)19-38-29(34)24-18-27(21-7-3-2-4-8-21)30-25-10-6-5-9-23(24)25/h2-12,17-18H,13-16,19H2,1H3,(H,31,33). The van der Waals surface area contributed by atoms with Gasteiger partial charge in [0.1, 0.15) is 0 Å². The minimum absolute atomic E-state index is 0.0685. The second-order valence-corrected chi connectivity index (χ2v) is 11.0. The second-order valence-electron chi connectivity index (χ2n) is 9.06. The molecule has 1 aromatic heterocycles. The molecule has 39 heavy (non-hydrogen) atoms. The number of fused-ring (bicyclic) bond motifs is 1. The summed E-state index contributed by atoms with van der Waals surface area (Å²) < 4.78 is 38.0. The zero-order valence-corrected chi connectivity index (χ0v) is 22.1. The van der Waals surface area contributed by atoms with Gasteiger partial charge in [-0.3, -0.25) is 4.79 Å². The Bertz CT molecular complexity index is 1630. The Morgan fingerprint density at radius 2 is 1.69 bits per heavy atom. The van der Waals surface area contributed by atoms with Crippen LogP contribution in [-0.2, 0) is 24.3 Å². The van der Waals surface area contributed by atoms with Crippen LogP contribution in [0.5, 0.6) is 0 Å². The van der Waals surface area contributed by atoms with Crippen LogP contribution in [0.15, 0.2) is 83.8 Å². The molecule has 1 saturated heterocycles. The number of carbonyl (C=O) groups is 2. The highest BCUT2D eigenvalue weighted by Gasteiger charge is 2.27. The lowest BCUT2D eigenvalue weighted by Crippen LogP contribution is -2.40. The van der Waals surface area contributed by atoms with E-state index in [0.29, 0.717) is 46.6 Å².